The number of benzene rings is 2. The van der Waals surface area contributed by atoms with Crippen molar-refractivity contribution in [1.82, 2.24) is 4.98 Å². The summed E-state index contributed by atoms with van der Waals surface area (Å²) in [4.78, 5) is 27.9. The Morgan fingerprint density at radius 2 is 1.78 bits per heavy atom. The van der Waals surface area contributed by atoms with Gasteiger partial charge in [0.05, 0.1) is 6.42 Å². The molecule has 1 aromatic heterocycles. The van der Waals surface area contributed by atoms with Crippen LogP contribution >= 0.6 is 0 Å². The van der Waals surface area contributed by atoms with E-state index in [-0.39, 0.29) is 31.1 Å². The van der Waals surface area contributed by atoms with Gasteiger partial charge in [0.1, 0.15) is 17.8 Å². The van der Waals surface area contributed by atoms with E-state index in [1.165, 1.54) is 0 Å². The van der Waals surface area contributed by atoms with Gasteiger partial charge in [-0.15, -0.1) is 0 Å². The van der Waals surface area contributed by atoms with Crippen molar-refractivity contribution in [3.63, 3.8) is 0 Å². The second kappa shape index (κ2) is 6.87. The van der Waals surface area contributed by atoms with E-state index in [9.17, 15) is 9.59 Å². The number of aryl methyl sites for hydroxylation is 1. The number of aromatic nitrogens is 1. The molecular weight excluding hydrogens is 294 g/mol. The third kappa shape index (κ3) is 3.83. The van der Waals surface area contributed by atoms with Gasteiger partial charge >= 0.3 is 11.6 Å². The number of fused-ring (bicyclic) bond motifs is 1. The molecule has 0 fully saturated rings. The van der Waals surface area contributed by atoms with Crippen molar-refractivity contribution in [3.05, 3.63) is 76.3 Å². The van der Waals surface area contributed by atoms with Crippen LogP contribution in [-0.2, 0) is 22.6 Å². The molecule has 0 aliphatic carbocycles. The molecule has 3 aromatic rings. The molecule has 0 spiro atoms. The maximum atomic E-state index is 11.8. The molecule has 2 aromatic carbocycles. The topological polar surface area (TPSA) is 69.4 Å². The molecule has 0 amide bonds. The van der Waals surface area contributed by atoms with E-state index in [2.05, 4.69) is 4.98 Å². The number of nitrogens with zero attached hydrogens (tertiary/aromatic N) is 1. The quantitative estimate of drug-likeness (QED) is 0.678. The van der Waals surface area contributed by atoms with Crippen molar-refractivity contribution in [2.24, 2.45) is 0 Å². The van der Waals surface area contributed by atoms with Crippen LogP contribution in [0, 0.1) is 0 Å². The SMILES string of the molecule is O=C(CCc1nc2ccccc2oc1=O)OCc1ccccc1. The molecular formula is C18H15NO4. The third-order valence-electron chi connectivity index (χ3n) is 3.37. The van der Waals surface area contributed by atoms with Crippen LogP contribution in [0.15, 0.2) is 63.8 Å². The zero-order valence-electron chi connectivity index (χ0n) is 12.4. The largest absolute Gasteiger partial charge is 0.461 e. The van der Waals surface area contributed by atoms with E-state index in [1.807, 2.05) is 36.4 Å². The van der Waals surface area contributed by atoms with Crippen molar-refractivity contribution in [2.75, 3.05) is 0 Å². The number of carbonyl (C=O) groups excluding carboxylic acids is 1. The molecule has 5 heteroatoms. The van der Waals surface area contributed by atoms with Crippen LogP contribution < -0.4 is 5.63 Å². The summed E-state index contributed by atoms with van der Waals surface area (Å²) >= 11 is 0. The maximum Gasteiger partial charge on any atom is 0.358 e. The number of para-hydroxylation sites is 2. The summed E-state index contributed by atoms with van der Waals surface area (Å²) in [5.41, 5.74) is 1.68. The van der Waals surface area contributed by atoms with Crippen molar-refractivity contribution < 1.29 is 13.9 Å². The fourth-order valence-electron chi connectivity index (χ4n) is 2.17. The summed E-state index contributed by atoms with van der Waals surface area (Å²) in [5, 5.41) is 0. The van der Waals surface area contributed by atoms with Crippen LogP contribution in [-0.4, -0.2) is 11.0 Å². The van der Waals surface area contributed by atoms with Crippen LogP contribution in [0.25, 0.3) is 11.1 Å². The van der Waals surface area contributed by atoms with Gasteiger partial charge in [-0.25, -0.2) is 9.78 Å². The number of ether oxygens (including phenoxy) is 1. The standard InChI is InChI=1S/C18H15NO4/c20-17(22-12-13-6-2-1-3-7-13)11-10-15-18(21)23-16-9-5-4-8-14(16)19-15/h1-9H,10-12H2. The minimum Gasteiger partial charge on any atom is -0.461 e. The first kappa shape index (κ1) is 15.0. The van der Waals surface area contributed by atoms with Crippen LogP contribution in [0.3, 0.4) is 0 Å². The molecule has 0 bridgehead atoms. The van der Waals surface area contributed by atoms with Crippen LogP contribution in [0.1, 0.15) is 17.7 Å². The summed E-state index contributed by atoms with van der Waals surface area (Å²) in [6, 6.07) is 16.5. The van der Waals surface area contributed by atoms with Gasteiger partial charge in [-0.1, -0.05) is 42.5 Å². The van der Waals surface area contributed by atoms with Gasteiger partial charge in [-0.2, -0.15) is 0 Å². The van der Waals surface area contributed by atoms with Gasteiger partial charge in [0, 0.05) is 6.42 Å². The minimum atomic E-state index is -0.514. The van der Waals surface area contributed by atoms with E-state index < -0.39 is 5.63 Å². The molecule has 23 heavy (non-hydrogen) atoms. The van der Waals surface area contributed by atoms with Crippen LogP contribution in [0.2, 0.25) is 0 Å². The summed E-state index contributed by atoms with van der Waals surface area (Å²) in [7, 11) is 0. The summed E-state index contributed by atoms with van der Waals surface area (Å²) in [6.45, 7) is 0.222. The lowest BCUT2D eigenvalue weighted by molar-refractivity contribution is -0.144. The van der Waals surface area contributed by atoms with Gasteiger partial charge < -0.3 is 9.15 Å². The molecule has 0 saturated carbocycles. The lowest BCUT2D eigenvalue weighted by Gasteiger charge is -2.04. The highest BCUT2D eigenvalue weighted by Crippen LogP contribution is 2.10. The summed E-state index contributed by atoms with van der Waals surface area (Å²) < 4.78 is 10.4. The van der Waals surface area contributed by atoms with Crippen molar-refractivity contribution in [2.45, 2.75) is 19.4 Å². The number of esters is 1. The molecule has 3 rings (SSSR count). The van der Waals surface area contributed by atoms with E-state index in [1.54, 1.807) is 18.2 Å². The number of hydrogen-bond acceptors (Lipinski definition) is 5. The average molecular weight is 309 g/mol. The average Bonchev–Trinajstić information content (AvgIpc) is 2.59. The highest BCUT2D eigenvalue weighted by Gasteiger charge is 2.10. The lowest BCUT2D eigenvalue weighted by Crippen LogP contribution is -2.13. The number of rotatable bonds is 5. The summed E-state index contributed by atoms with van der Waals surface area (Å²) in [5.74, 6) is -0.372. The minimum absolute atomic E-state index is 0.0862. The summed E-state index contributed by atoms with van der Waals surface area (Å²) in [6.07, 6.45) is 0.281. The van der Waals surface area contributed by atoms with Gasteiger partial charge in [0.2, 0.25) is 0 Å². The number of carbonyl (C=O) groups is 1. The smallest absolute Gasteiger partial charge is 0.358 e. The van der Waals surface area contributed by atoms with Gasteiger partial charge in [0.15, 0.2) is 5.58 Å². The highest BCUT2D eigenvalue weighted by atomic mass is 16.5. The Morgan fingerprint density at radius 3 is 2.61 bits per heavy atom. The first-order chi connectivity index (χ1) is 11.2. The molecule has 0 saturated heterocycles. The Hall–Kier alpha value is -2.95. The normalized spacial score (nSPS) is 10.6. The van der Waals surface area contributed by atoms with Crippen molar-refractivity contribution in [1.29, 1.82) is 0 Å². The zero-order chi connectivity index (χ0) is 16.1. The Bertz CT molecular complexity index is 871. The van der Waals surface area contributed by atoms with E-state index in [0.29, 0.717) is 11.1 Å². The fourth-order valence-corrected chi connectivity index (χ4v) is 2.17. The number of hydrogen-bond donors (Lipinski definition) is 0. The van der Waals surface area contributed by atoms with E-state index >= 15 is 0 Å². The van der Waals surface area contributed by atoms with Gasteiger partial charge in [-0.05, 0) is 17.7 Å². The van der Waals surface area contributed by atoms with Crippen molar-refractivity contribution in [3.8, 4) is 0 Å². The molecule has 0 radical (unpaired) electrons. The Labute approximate surface area is 132 Å². The molecule has 0 atom stereocenters. The predicted molar refractivity (Wildman–Crippen MR) is 84.8 cm³/mol. The van der Waals surface area contributed by atoms with E-state index in [4.69, 9.17) is 9.15 Å². The molecule has 0 aliphatic rings. The first-order valence-electron chi connectivity index (χ1n) is 7.31. The van der Waals surface area contributed by atoms with Crippen molar-refractivity contribution >= 4 is 17.1 Å². The highest BCUT2D eigenvalue weighted by molar-refractivity contribution is 5.72. The predicted octanol–water partition coefficient (Wildman–Crippen LogP) is 2.86. The molecule has 0 aliphatic heterocycles. The molecule has 0 N–H and O–H groups in total. The van der Waals surface area contributed by atoms with Crippen LogP contribution in [0.4, 0.5) is 0 Å². The Kier molecular flexibility index (Phi) is 4.47. The second-order valence-corrected chi connectivity index (χ2v) is 5.06. The van der Waals surface area contributed by atoms with E-state index in [0.717, 1.165) is 5.56 Å². The first-order valence-corrected chi connectivity index (χ1v) is 7.31. The van der Waals surface area contributed by atoms with Gasteiger partial charge in [-0.3, -0.25) is 4.79 Å². The molecule has 5 nitrogen and oxygen atoms in total. The lowest BCUT2D eigenvalue weighted by atomic mass is 10.2. The Morgan fingerprint density at radius 1 is 1.04 bits per heavy atom. The van der Waals surface area contributed by atoms with Gasteiger partial charge in [0.25, 0.3) is 0 Å². The maximum absolute atomic E-state index is 11.8. The third-order valence-corrected chi connectivity index (χ3v) is 3.37. The Balaban J connectivity index is 1.60. The molecule has 1 heterocycles. The monoisotopic (exact) mass is 309 g/mol. The second-order valence-electron chi connectivity index (χ2n) is 5.06. The molecule has 116 valence electrons. The van der Waals surface area contributed by atoms with Crippen LogP contribution in [0.5, 0.6) is 0 Å². The molecule has 0 unspecified atom stereocenters. The fraction of sp³-hybridized carbons (Fsp3) is 0.167. The zero-order valence-corrected chi connectivity index (χ0v) is 12.4.